The summed E-state index contributed by atoms with van der Waals surface area (Å²) >= 11 is 6.09. The maximum absolute atomic E-state index is 12.8. The number of rotatable bonds is 7. The van der Waals surface area contributed by atoms with Crippen molar-refractivity contribution in [2.24, 2.45) is 0 Å². The lowest BCUT2D eigenvalue weighted by atomic mass is 10.2. The predicted molar refractivity (Wildman–Crippen MR) is 108 cm³/mol. The van der Waals surface area contributed by atoms with Crippen LogP contribution in [0.3, 0.4) is 0 Å². The second-order valence-corrected chi connectivity index (χ2v) is 8.60. The van der Waals surface area contributed by atoms with E-state index in [1.807, 2.05) is 6.07 Å². The van der Waals surface area contributed by atoms with Gasteiger partial charge in [-0.3, -0.25) is 0 Å². The van der Waals surface area contributed by atoms with Crippen LogP contribution < -0.4 is 4.74 Å². The van der Waals surface area contributed by atoms with E-state index >= 15 is 0 Å². The smallest absolute Gasteiger partial charge is 0.338 e. The first kappa shape index (κ1) is 22.1. The van der Waals surface area contributed by atoms with Crippen molar-refractivity contribution in [3.63, 3.8) is 0 Å². The number of nitrogens with zero attached hydrogens (tertiary/aromatic N) is 2. The largest absolute Gasteiger partial charge is 0.490 e. The molecule has 3 rings (SSSR count). The summed E-state index contributed by atoms with van der Waals surface area (Å²) in [4.78, 5) is 12.2. The SMILES string of the molecule is N#Cc1ccc(OCCOC(=O)c2ccc(Cl)c(S(=O)(=O)N3CCOCC3)c2)cc1. The van der Waals surface area contributed by atoms with Crippen molar-refractivity contribution in [1.29, 1.82) is 5.26 Å². The van der Waals surface area contributed by atoms with E-state index in [0.717, 1.165) is 0 Å². The quantitative estimate of drug-likeness (QED) is 0.471. The Kier molecular flexibility index (Phi) is 7.29. The lowest BCUT2D eigenvalue weighted by Gasteiger charge is -2.26. The van der Waals surface area contributed by atoms with Gasteiger partial charge in [-0.15, -0.1) is 0 Å². The van der Waals surface area contributed by atoms with Gasteiger partial charge < -0.3 is 14.2 Å². The van der Waals surface area contributed by atoms with Crippen LogP contribution in [0.15, 0.2) is 47.4 Å². The average molecular weight is 451 g/mol. The van der Waals surface area contributed by atoms with E-state index in [2.05, 4.69) is 0 Å². The van der Waals surface area contributed by atoms with E-state index in [9.17, 15) is 13.2 Å². The van der Waals surface area contributed by atoms with Gasteiger partial charge in [-0.1, -0.05) is 11.6 Å². The third kappa shape index (κ3) is 5.29. The molecule has 2 aromatic rings. The molecule has 0 N–H and O–H groups in total. The predicted octanol–water partition coefficient (Wildman–Crippen LogP) is 2.47. The van der Waals surface area contributed by atoms with E-state index in [0.29, 0.717) is 24.5 Å². The maximum atomic E-state index is 12.8. The number of hydrogen-bond acceptors (Lipinski definition) is 7. The number of morpholine rings is 1. The second-order valence-electron chi connectivity index (χ2n) is 6.28. The van der Waals surface area contributed by atoms with E-state index in [-0.39, 0.29) is 41.8 Å². The lowest BCUT2D eigenvalue weighted by molar-refractivity contribution is 0.0450. The van der Waals surface area contributed by atoms with Crippen LogP contribution in [0.1, 0.15) is 15.9 Å². The van der Waals surface area contributed by atoms with Crippen LogP contribution in [0.25, 0.3) is 0 Å². The number of carbonyl (C=O) groups is 1. The highest BCUT2D eigenvalue weighted by atomic mass is 35.5. The molecule has 30 heavy (non-hydrogen) atoms. The molecule has 8 nitrogen and oxygen atoms in total. The third-order valence-electron chi connectivity index (χ3n) is 4.32. The summed E-state index contributed by atoms with van der Waals surface area (Å²) in [5.41, 5.74) is 0.587. The first-order chi connectivity index (χ1) is 14.4. The Morgan fingerprint density at radius 1 is 1.13 bits per heavy atom. The number of ether oxygens (including phenoxy) is 3. The number of nitriles is 1. The molecule has 1 heterocycles. The zero-order valence-electron chi connectivity index (χ0n) is 15.9. The van der Waals surface area contributed by atoms with Gasteiger partial charge >= 0.3 is 5.97 Å². The number of sulfonamides is 1. The number of hydrogen-bond donors (Lipinski definition) is 0. The number of carbonyl (C=O) groups excluding carboxylic acids is 1. The van der Waals surface area contributed by atoms with Crippen LogP contribution in [0.5, 0.6) is 5.75 Å². The normalized spacial score (nSPS) is 14.7. The van der Waals surface area contributed by atoms with Gasteiger partial charge in [0.05, 0.1) is 35.4 Å². The minimum Gasteiger partial charge on any atom is -0.490 e. The number of benzene rings is 2. The third-order valence-corrected chi connectivity index (χ3v) is 6.70. The monoisotopic (exact) mass is 450 g/mol. The van der Waals surface area contributed by atoms with Crippen molar-refractivity contribution in [3.8, 4) is 11.8 Å². The molecule has 1 saturated heterocycles. The molecule has 1 aliphatic rings. The van der Waals surface area contributed by atoms with Gasteiger partial charge in [0, 0.05) is 13.1 Å². The summed E-state index contributed by atoms with van der Waals surface area (Å²) in [5, 5.41) is 8.80. The fourth-order valence-corrected chi connectivity index (χ4v) is 4.67. The number of esters is 1. The van der Waals surface area contributed by atoms with Gasteiger partial charge in [-0.05, 0) is 42.5 Å². The summed E-state index contributed by atoms with van der Waals surface area (Å²) in [6.07, 6.45) is 0. The molecular formula is C20H19ClN2O6S. The summed E-state index contributed by atoms with van der Waals surface area (Å²) in [7, 11) is -3.85. The van der Waals surface area contributed by atoms with Crippen LogP contribution in [-0.4, -0.2) is 58.2 Å². The second kappa shape index (κ2) is 9.91. The van der Waals surface area contributed by atoms with Gasteiger partial charge in [0.2, 0.25) is 10.0 Å². The fourth-order valence-electron chi connectivity index (χ4n) is 2.76. The lowest BCUT2D eigenvalue weighted by Crippen LogP contribution is -2.40. The molecule has 0 aromatic heterocycles. The van der Waals surface area contributed by atoms with E-state index in [1.165, 1.54) is 22.5 Å². The van der Waals surface area contributed by atoms with E-state index < -0.39 is 16.0 Å². The van der Waals surface area contributed by atoms with Gasteiger partial charge in [0.25, 0.3) is 0 Å². The van der Waals surface area contributed by atoms with Crippen LogP contribution >= 0.6 is 11.6 Å². The van der Waals surface area contributed by atoms with Gasteiger partial charge in [0.15, 0.2) is 0 Å². The zero-order chi connectivity index (χ0) is 21.6. The van der Waals surface area contributed by atoms with Crippen LogP contribution in [0.4, 0.5) is 0 Å². The molecule has 2 aromatic carbocycles. The molecule has 0 bridgehead atoms. The molecule has 0 aliphatic carbocycles. The van der Waals surface area contributed by atoms with Gasteiger partial charge in [0.1, 0.15) is 23.9 Å². The first-order valence-corrected chi connectivity index (χ1v) is 10.9. The fraction of sp³-hybridized carbons (Fsp3) is 0.300. The standard InChI is InChI=1S/C20H19ClN2O6S/c21-18-6-3-16(13-19(18)30(25,26)23-7-9-27-10-8-23)20(24)29-12-11-28-17-4-1-15(14-22)2-5-17/h1-6,13H,7-12H2. The molecule has 0 saturated carbocycles. The molecule has 1 fully saturated rings. The molecule has 10 heteroatoms. The summed E-state index contributed by atoms with van der Waals surface area (Å²) in [6.45, 7) is 1.12. The average Bonchev–Trinajstić information content (AvgIpc) is 2.77. The summed E-state index contributed by atoms with van der Waals surface area (Å²) in [5.74, 6) is -0.149. The highest BCUT2D eigenvalue weighted by molar-refractivity contribution is 7.89. The topological polar surface area (TPSA) is 106 Å². The van der Waals surface area contributed by atoms with Gasteiger partial charge in [-0.2, -0.15) is 9.57 Å². The Morgan fingerprint density at radius 3 is 2.50 bits per heavy atom. The Bertz CT molecular complexity index is 1040. The highest BCUT2D eigenvalue weighted by Crippen LogP contribution is 2.26. The Labute approximate surface area is 179 Å². The molecule has 0 amide bonds. The minimum atomic E-state index is -3.85. The molecule has 0 atom stereocenters. The van der Waals surface area contributed by atoms with Crippen LogP contribution in [0, 0.1) is 11.3 Å². The Hall–Kier alpha value is -2.64. The van der Waals surface area contributed by atoms with Crippen molar-refractivity contribution in [2.45, 2.75) is 4.90 Å². The molecular weight excluding hydrogens is 432 g/mol. The molecule has 1 aliphatic heterocycles. The maximum Gasteiger partial charge on any atom is 0.338 e. The van der Waals surface area contributed by atoms with Crippen LogP contribution in [0.2, 0.25) is 5.02 Å². The Morgan fingerprint density at radius 2 is 1.83 bits per heavy atom. The highest BCUT2D eigenvalue weighted by Gasteiger charge is 2.29. The molecule has 0 radical (unpaired) electrons. The van der Waals surface area contributed by atoms with Crippen molar-refractivity contribution >= 4 is 27.6 Å². The minimum absolute atomic E-state index is 0.0298. The molecule has 0 unspecified atom stereocenters. The van der Waals surface area contributed by atoms with Gasteiger partial charge in [-0.25, -0.2) is 13.2 Å². The Balaban J connectivity index is 1.60. The molecule has 158 valence electrons. The molecule has 0 spiro atoms. The van der Waals surface area contributed by atoms with E-state index in [1.54, 1.807) is 24.3 Å². The van der Waals surface area contributed by atoms with Crippen molar-refractivity contribution in [2.75, 3.05) is 39.5 Å². The van der Waals surface area contributed by atoms with Crippen molar-refractivity contribution < 1.29 is 27.4 Å². The van der Waals surface area contributed by atoms with Crippen molar-refractivity contribution in [1.82, 2.24) is 4.31 Å². The summed E-state index contributed by atoms with van der Waals surface area (Å²) < 4.78 is 42.7. The first-order valence-electron chi connectivity index (χ1n) is 9.09. The van der Waals surface area contributed by atoms with Crippen LogP contribution in [-0.2, 0) is 19.5 Å². The van der Waals surface area contributed by atoms with E-state index in [4.69, 9.17) is 31.1 Å². The number of halogens is 1. The zero-order valence-corrected chi connectivity index (χ0v) is 17.5. The summed E-state index contributed by atoms with van der Waals surface area (Å²) in [6, 6.07) is 12.5. The van der Waals surface area contributed by atoms with Crippen molar-refractivity contribution in [3.05, 3.63) is 58.6 Å².